The van der Waals surface area contributed by atoms with Gasteiger partial charge in [-0.2, -0.15) is 0 Å². The Bertz CT molecular complexity index is 943. The van der Waals surface area contributed by atoms with Crippen molar-refractivity contribution in [1.82, 2.24) is 15.6 Å². The lowest BCUT2D eigenvalue weighted by molar-refractivity contribution is -0.131. The first-order valence-electron chi connectivity index (χ1n) is 14.5. The van der Waals surface area contributed by atoms with E-state index >= 15 is 0 Å². The molecule has 0 saturated heterocycles. The zero-order valence-electron chi connectivity index (χ0n) is 23.0. The number of rotatable bonds is 16. The highest BCUT2D eigenvalue weighted by atomic mass is 16.5. The molecule has 2 amide bonds. The van der Waals surface area contributed by atoms with E-state index in [9.17, 15) is 9.59 Å². The number of ether oxygens (including phenoxy) is 1. The van der Waals surface area contributed by atoms with E-state index in [1.54, 1.807) is 12.4 Å². The topological polar surface area (TPSA) is 106 Å². The maximum Gasteiger partial charge on any atom is 0.242 e. The van der Waals surface area contributed by atoms with Crippen LogP contribution in [0.5, 0.6) is 5.75 Å². The van der Waals surface area contributed by atoms with Crippen molar-refractivity contribution in [2.45, 2.75) is 90.2 Å². The second-order valence-electron chi connectivity index (χ2n) is 10.6. The van der Waals surface area contributed by atoms with Gasteiger partial charge in [0.25, 0.3) is 0 Å². The molecule has 2 aromatic rings. The molecule has 0 bridgehead atoms. The van der Waals surface area contributed by atoms with Crippen molar-refractivity contribution in [2.75, 3.05) is 13.1 Å². The highest BCUT2D eigenvalue weighted by Crippen LogP contribution is 2.28. The molecule has 1 heterocycles. The number of unbranched alkanes of at least 4 members (excludes halogenated alkanes) is 5. The molecule has 0 spiro atoms. The third kappa shape index (κ3) is 10.4. The molecule has 0 aliphatic heterocycles. The normalized spacial score (nSPS) is 17.9. The van der Waals surface area contributed by atoms with Crippen molar-refractivity contribution in [3.05, 3.63) is 59.9 Å². The van der Waals surface area contributed by atoms with Crippen LogP contribution < -0.4 is 21.1 Å². The fourth-order valence-electron chi connectivity index (χ4n) is 5.00. The van der Waals surface area contributed by atoms with Gasteiger partial charge in [0, 0.05) is 31.3 Å². The van der Waals surface area contributed by atoms with E-state index in [2.05, 4.69) is 22.5 Å². The predicted octanol–water partition coefficient (Wildman–Crippen LogP) is 4.93. The van der Waals surface area contributed by atoms with E-state index < -0.39 is 6.04 Å². The number of hydrogen-bond donors (Lipinski definition) is 3. The molecular formula is C31H46N4O3. The highest BCUT2D eigenvalue weighted by Gasteiger charge is 2.29. The van der Waals surface area contributed by atoms with Gasteiger partial charge < -0.3 is 21.1 Å². The predicted molar refractivity (Wildman–Crippen MR) is 152 cm³/mol. The lowest BCUT2D eigenvalue weighted by Crippen LogP contribution is -2.50. The van der Waals surface area contributed by atoms with Crippen LogP contribution in [0.4, 0.5) is 0 Å². The third-order valence-corrected chi connectivity index (χ3v) is 7.53. The van der Waals surface area contributed by atoms with Gasteiger partial charge in [-0.05, 0) is 80.0 Å². The molecule has 38 heavy (non-hydrogen) atoms. The van der Waals surface area contributed by atoms with E-state index in [0.29, 0.717) is 32.0 Å². The summed E-state index contributed by atoms with van der Waals surface area (Å²) in [6.07, 6.45) is 14.6. The molecule has 1 aliphatic carbocycles. The van der Waals surface area contributed by atoms with Gasteiger partial charge in [0.1, 0.15) is 18.4 Å². The Labute approximate surface area is 228 Å². The van der Waals surface area contributed by atoms with Crippen LogP contribution in [0.15, 0.2) is 48.8 Å². The number of benzene rings is 1. The summed E-state index contributed by atoms with van der Waals surface area (Å²) in [5, 5.41) is 6.15. The van der Waals surface area contributed by atoms with E-state index in [-0.39, 0.29) is 17.7 Å². The minimum Gasteiger partial charge on any atom is -0.489 e. The van der Waals surface area contributed by atoms with Crippen LogP contribution in [0.1, 0.15) is 82.3 Å². The van der Waals surface area contributed by atoms with Gasteiger partial charge in [-0.3, -0.25) is 14.6 Å². The SMILES string of the molecule is CCCCCCCCNC(=O)C(Cc1ccc(OCc2ccncc2)cc1)NC(=O)C1CCC(CN)CC1. The number of pyridine rings is 1. The summed E-state index contributed by atoms with van der Waals surface area (Å²) in [5.74, 6) is 1.10. The second-order valence-corrected chi connectivity index (χ2v) is 10.6. The molecule has 1 saturated carbocycles. The number of nitrogens with two attached hydrogens (primary N) is 1. The summed E-state index contributed by atoms with van der Waals surface area (Å²) in [6, 6.07) is 11.0. The Balaban J connectivity index is 1.55. The monoisotopic (exact) mass is 522 g/mol. The van der Waals surface area contributed by atoms with Crippen LogP contribution in [0.3, 0.4) is 0 Å². The van der Waals surface area contributed by atoms with Gasteiger partial charge in [-0.15, -0.1) is 0 Å². The van der Waals surface area contributed by atoms with Gasteiger partial charge >= 0.3 is 0 Å². The molecule has 1 fully saturated rings. The van der Waals surface area contributed by atoms with Crippen molar-refractivity contribution in [1.29, 1.82) is 0 Å². The molecule has 1 aliphatic rings. The van der Waals surface area contributed by atoms with Gasteiger partial charge in [0.15, 0.2) is 0 Å². The molecule has 1 aromatic carbocycles. The van der Waals surface area contributed by atoms with E-state index in [1.165, 1.54) is 25.7 Å². The van der Waals surface area contributed by atoms with Crippen LogP contribution in [0.25, 0.3) is 0 Å². The van der Waals surface area contributed by atoms with Crippen LogP contribution in [-0.2, 0) is 22.6 Å². The number of amides is 2. The molecule has 1 aromatic heterocycles. The van der Waals surface area contributed by atoms with Gasteiger partial charge in [0.2, 0.25) is 11.8 Å². The zero-order valence-corrected chi connectivity index (χ0v) is 23.0. The number of carbonyl (C=O) groups excluding carboxylic acids is 2. The van der Waals surface area contributed by atoms with E-state index in [0.717, 1.165) is 55.4 Å². The van der Waals surface area contributed by atoms with Crippen LogP contribution >= 0.6 is 0 Å². The summed E-state index contributed by atoms with van der Waals surface area (Å²) in [6.45, 7) is 4.00. The Morgan fingerprint density at radius 2 is 1.63 bits per heavy atom. The molecule has 7 nitrogen and oxygen atoms in total. The minimum atomic E-state index is -0.599. The lowest BCUT2D eigenvalue weighted by atomic mass is 9.81. The first-order chi connectivity index (χ1) is 18.6. The summed E-state index contributed by atoms with van der Waals surface area (Å²) in [4.78, 5) is 30.3. The molecule has 208 valence electrons. The number of nitrogens with one attached hydrogen (secondary N) is 2. The second kappa shape index (κ2) is 16.8. The van der Waals surface area contributed by atoms with Crippen molar-refractivity contribution in [3.63, 3.8) is 0 Å². The van der Waals surface area contributed by atoms with Crippen molar-refractivity contribution >= 4 is 11.8 Å². The zero-order chi connectivity index (χ0) is 27.0. The Morgan fingerprint density at radius 3 is 2.32 bits per heavy atom. The van der Waals surface area contributed by atoms with Crippen molar-refractivity contribution < 1.29 is 14.3 Å². The van der Waals surface area contributed by atoms with Gasteiger partial charge in [-0.25, -0.2) is 0 Å². The van der Waals surface area contributed by atoms with E-state index in [1.807, 2.05) is 36.4 Å². The maximum atomic E-state index is 13.2. The number of aromatic nitrogens is 1. The Morgan fingerprint density at radius 1 is 0.947 bits per heavy atom. The Hall–Kier alpha value is -2.93. The van der Waals surface area contributed by atoms with Crippen LogP contribution in [-0.4, -0.2) is 35.9 Å². The molecular weight excluding hydrogens is 476 g/mol. The number of nitrogens with zero attached hydrogens (tertiary/aromatic N) is 1. The molecule has 1 atom stereocenters. The number of hydrogen-bond acceptors (Lipinski definition) is 5. The molecule has 7 heteroatoms. The largest absolute Gasteiger partial charge is 0.489 e. The van der Waals surface area contributed by atoms with E-state index in [4.69, 9.17) is 10.5 Å². The molecule has 4 N–H and O–H groups in total. The minimum absolute atomic E-state index is 0.0162. The van der Waals surface area contributed by atoms with Crippen LogP contribution in [0.2, 0.25) is 0 Å². The quantitative estimate of drug-likeness (QED) is 0.271. The average Bonchev–Trinajstić information content (AvgIpc) is 2.96. The first-order valence-corrected chi connectivity index (χ1v) is 14.5. The molecule has 1 unspecified atom stereocenters. The summed E-state index contributed by atoms with van der Waals surface area (Å²) in [7, 11) is 0. The van der Waals surface area contributed by atoms with Gasteiger partial charge in [0.05, 0.1) is 0 Å². The number of carbonyl (C=O) groups is 2. The lowest BCUT2D eigenvalue weighted by Gasteiger charge is -2.28. The maximum absolute atomic E-state index is 13.2. The molecule has 0 radical (unpaired) electrons. The summed E-state index contributed by atoms with van der Waals surface area (Å²) in [5.41, 5.74) is 7.85. The first kappa shape index (κ1) is 29.6. The smallest absolute Gasteiger partial charge is 0.242 e. The fourth-order valence-corrected chi connectivity index (χ4v) is 5.00. The summed E-state index contributed by atoms with van der Waals surface area (Å²) < 4.78 is 5.88. The van der Waals surface area contributed by atoms with Crippen molar-refractivity contribution in [3.8, 4) is 5.75 Å². The Kier molecular flexibility index (Phi) is 13.1. The fraction of sp³-hybridized carbons (Fsp3) is 0.581. The average molecular weight is 523 g/mol. The van der Waals surface area contributed by atoms with Gasteiger partial charge in [-0.1, -0.05) is 51.2 Å². The highest BCUT2D eigenvalue weighted by molar-refractivity contribution is 5.88. The van der Waals surface area contributed by atoms with Crippen molar-refractivity contribution in [2.24, 2.45) is 17.6 Å². The molecule has 3 rings (SSSR count). The third-order valence-electron chi connectivity index (χ3n) is 7.53. The van der Waals surface area contributed by atoms with Crippen LogP contribution in [0, 0.1) is 11.8 Å². The standard InChI is InChI=1S/C31H46N4O3/c1-2-3-4-5-6-7-18-34-31(37)29(35-30(36)27-12-8-25(22-32)9-13-27)21-24-10-14-28(15-11-24)38-23-26-16-19-33-20-17-26/h10-11,14-17,19-20,25,27,29H,2-9,12-13,18,21-23,32H2,1H3,(H,34,37)(H,35,36). The summed E-state index contributed by atoms with van der Waals surface area (Å²) >= 11 is 0.